The number of carbonyl (C=O) groups excluding carboxylic acids is 1. The van der Waals surface area contributed by atoms with Crippen molar-refractivity contribution in [2.45, 2.75) is 52.6 Å². The van der Waals surface area contributed by atoms with Gasteiger partial charge < -0.3 is 24.8 Å². The number of benzene rings is 1. The van der Waals surface area contributed by atoms with Crippen LogP contribution in [0.2, 0.25) is 0 Å². The van der Waals surface area contributed by atoms with Crippen molar-refractivity contribution in [3.05, 3.63) is 18.0 Å². The van der Waals surface area contributed by atoms with Crippen LogP contribution < -0.4 is 20.1 Å². The van der Waals surface area contributed by atoms with Gasteiger partial charge in [0.05, 0.1) is 31.4 Å². The minimum Gasteiger partial charge on any atom is -0.493 e. The van der Waals surface area contributed by atoms with Gasteiger partial charge in [-0.2, -0.15) is 0 Å². The summed E-state index contributed by atoms with van der Waals surface area (Å²) in [6.45, 7) is 9.02. The molecule has 2 heterocycles. The van der Waals surface area contributed by atoms with Crippen molar-refractivity contribution in [1.29, 1.82) is 0 Å². The molecule has 0 aliphatic heterocycles. The highest BCUT2D eigenvalue weighted by Gasteiger charge is 2.19. The number of rotatable bonds is 10. The fraction of sp³-hybridized carbons (Fsp3) is 0.545. The van der Waals surface area contributed by atoms with Gasteiger partial charge in [-0.25, -0.2) is 9.78 Å². The van der Waals surface area contributed by atoms with E-state index in [9.17, 15) is 4.79 Å². The van der Waals surface area contributed by atoms with Crippen LogP contribution in [0, 0.1) is 0 Å². The third-order valence-electron chi connectivity index (χ3n) is 4.88. The molecule has 3 aromatic rings. The molecule has 10 heteroatoms. The Bertz CT molecular complexity index is 1080. The van der Waals surface area contributed by atoms with E-state index in [4.69, 9.17) is 19.2 Å². The summed E-state index contributed by atoms with van der Waals surface area (Å²) in [5.74, 6) is 2.90. The van der Waals surface area contributed by atoms with Crippen LogP contribution in [0.1, 0.15) is 52.3 Å². The molecule has 0 aliphatic rings. The molecule has 0 unspecified atom stereocenters. The summed E-state index contributed by atoms with van der Waals surface area (Å²) in [5.41, 5.74) is 2.26. The van der Waals surface area contributed by atoms with Crippen molar-refractivity contribution in [3.63, 3.8) is 0 Å². The van der Waals surface area contributed by atoms with Crippen LogP contribution in [0.25, 0.3) is 16.7 Å². The Morgan fingerprint density at radius 3 is 2.38 bits per heavy atom. The molecule has 0 aliphatic carbocycles. The first-order valence-corrected chi connectivity index (χ1v) is 10.8. The van der Waals surface area contributed by atoms with Crippen LogP contribution in [-0.4, -0.2) is 59.1 Å². The largest absolute Gasteiger partial charge is 0.493 e. The van der Waals surface area contributed by atoms with Crippen LogP contribution in [0.5, 0.6) is 11.5 Å². The van der Waals surface area contributed by atoms with Gasteiger partial charge in [-0.15, -0.1) is 10.2 Å². The first-order valence-electron chi connectivity index (χ1n) is 10.8. The van der Waals surface area contributed by atoms with Crippen molar-refractivity contribution in [2.24, 2.45) is 0 Å². The predicted octanol–water partition coefficient (Wildman–Crippen LogP) is 3.74. The molecular formula is C22H32N6O4. The fourth-order valence-corrected chi connectivity index (χ4v) is 3.38. The molecule has 0 saturated carbocycles. The Morgan fingerprint density at radius 1 is 1.03 bits per heavy atom. The zero-order valence-electron chi connectivity index (χ0n) is 19.6. The summed E-state index contributed by atoms with van der Waals surface area (Å²) >= 11 is 0. The Morgan fingerprint density at radius 2 is 1.72 bits per heavy atom. The maximum absolute atomic E-state index is 11.5. The monoisotopic (exact) mass is 444 g/mol. The van der Waals surface area contributed by atoms with Gasteiger partial charge in [0.25, 0.3) is 0 Å². The number of nitrogens with zero attached hydrogens (tertiary/aromatic N) is 4. The molecule has 32 heavy (non-hydrogen) atoms. The van der Waals surface area contributed by atoms with E-state index < -0.39 is 0 Å². The average molecular weight is 445 g/mol. The summed E-state index contributed by atoms with van der Waals surface area (Å²) in [6, 6.07) is 3.75. The first-order chi connectivity index (χ1) is 15.3. The van der Waals surface area contributed by atoms with E-state index in [1.165, 1.54) is 0 Å². The molecule has 174 valence electrons. The molecule has 0 saturated heterocycles. The van der Waals surface area contributed by atoms with Crippen LogP contribution in [0.15, 0.2) is 12.1 Å². The van der Waals surface area contributed by atoms with Crippen molar-refractivity contribution >= 4 is 28.6 Å². The molecule has 0 radical (unpaired) electrons. The second-order valence-corrected chi connectivity index (χ2v) is 8.04. The van der Waals surface area contributed by atoms with E-state index in [1.54, 1.807) is 14.2 Å². The third kappa shape index (κ3) is 5.12. The van der Waals surface area contributed by atoms with E-state index in [0.717, 1.165) is 29.7 Å². The molecule has 0 fully saturated rings. The number of fused-ring (bicyclic) bond motifs is 3. The highest BCUT2D eigenvalue weighted by Crippen LogP contribution is 2.34. The van der Waals surface area contributed by atoms with Crippen molar-refractivity contribution in [1.82, 2.24) is 24.9 Å². The minimum absolute atomic E-state index is 0.129. The van der Waals surface area contributed by atoms with E-state index >= 15 is 0 Å². The van der Waals surface area contributed by atoms with E-state index in [2.05, 4.69) is 34.7 Å². The molecule has 3 rings (SSSR count). The molecule has 1 amide bonds. The zero-order chi connectivity index (χ0) is 23.3. The summed E-state index contributed by atoms with van der Waals surface area (Å²) in [4.78, 5) is 16.3. The van der Waals surface area contributed by atoms with Crippen LogP contribution in [0.4, 0.5) is 10.6 Å². The molecule has 2 N–H and O–H groups in total. The topological polar surface area (TPSA) is 112 Å². The van der Waals surface area contributed by atoms with E-state index in [-0.39, 0.29) is 18.1 Å². The maximum atomic E-state index is 11.5. The lowest BCUT2D eigenvalue weighted by molar-refractivity contribution is 0.115. The molecule has 0 spiro atoms. The number of hydrogen-bond acceptors (Lipinski definition) is 8. The number of nitrogens with one attached hydrogen (secondary N) is 2. The van der Waals surface area contributed by atoms with Crippen LogP contribution in [-0.2, 0) is 4.74 Å². The lowest BCUT2D eigenvalue weighted by atomic mass is 10.2. The number of carbonyl (C=O) groups is 1. The number of methoxy groups -OCH3 is 2. The van der Waals surface area contributed by atoms with Gasteiger partial charge in [0.1, 0.15) is 5.82 Å². The van der Waals surface area contributed by atoms with Crippen molar-refractivity contribution in [2.75, 3.05) is 32.6 Å². The SMILES string of the molecule is COc1cc2nc(NCCCCNC(=O)OC(C)C)c3nnc(C(C)C)n3c2cc1OC. The summed E-state index contributed by atoms with van der Waals surface area (Å²) in [5, 5.41) is 14.9. The minimum atomic E-state index is -0.389. The highest BCUT2D eigenvalue weighted by atomic mass is 16.6. The van der Waals surface area contributed by atoms with E-state index in [1.807, 2.05) is 30.4 Å². The standard InChI is InChI=1S/C22H32N6O4/c1-13(2)20-26-27-21-19(23-9-7-8-10-24-22(29)32-14(3)4)25-15-11-17(30-5)18(31-6)12-16(15)28(20)21/h11-14H,7-10H2,1-6H3,(H,23,25)(H,24,29). The number of aromatic nitrogens is 4. The summed E-state index contributed by atoms with van der Waals surface area (Å²) < 4.78 is 18.0. The molecule has 0 atom stereocenters. The zero-order valence-corrected chi connectivity index (χ0v) is 19.6. The Balaban J connectivity index is 1.80. The molecule has 0 bridgehead atoms. The predicted molar refractivity (Wildman–Crippen MR) is 123 cm³/mol. The average Bonchev–Trinajstić information content (AvgIpc) is 3.20. The normalized spacial score (nSPS) is 11.4. The highest BCUT2D eigenvalue weighted by molar-refractivity contribution is 5.86. The Hall–Kier alpha value is -3.30. The van der Waals surface area contributed by atoms with Gasteiger partial charge in [-0.05, 0) is 26.7 Å². The van der Waals surface area contributed by atoms with Crippen LogP contribution in [0.3, 0.4) is 0 Å². The lowest BCUT2D eigenvalue weighted by Crippen LogP contribution is -2.27. The lowest BCUT2D eigenvalue weighted by Gasteiger charge is -2.14. The van der Waals surface area contributed by atoms with Crippen LogP contribution >= 0.6 is 0 Å². The summed E-state index contributed by atoms with van der Waals surface area (Å²) in [6.07, 6.45) is 1.12. The van der Waals surface area contributed by atoms with Gasteiger partial charge in [0.15, 0.2) is 17.3 Å². The molecule has 10 nitrogen and oxygen atoms in total. The quantitative estimate of drug-likeness (QED) is 0.455. The Labute approximate surface area is 187 Å². The fourth-order valence-electron chi connectivity index (χ4n) is 3.38. The van der Waals surface area contributed by atoms with Crippen molar-refractivity contribution < 1.29 is 19.0 Å². The van der Waals surface area contributed by atoms with Gasteiger partial charge >= 0.3 is 6.09 Å². The number of amides is 1. The van der Waals surface area contributed by atoms with Gasteiger partial charge in [-0.3, -0.25) is 4.40 Å². The molecule has 1 aromatic carbocycles. The van der Waals surface area contributed by atoms with Crippen molar-refractivity contribution in [3.8, 4) is 11.5 Å². The van der Waals surface area contributed by atoms with Gasteiger partial charge in [0, 0.05) is 31.1 Å². The number of anilines is 1. The Kier molecular flexibility index (Phi) is 7.55. The molecule has 2 aromatic heterocycles. The smallest absolute Gasteiger partial charge is 0.407 e. The maximum Gasteiger partial charge on any atom is 0.407 e. The third-order valence-corrected chi connectivity index (χ3v) is 4.88. The first kappa shape index (κ1) is 23.4. The van der Waals surface area contributed by atoms with Gasteiger partial charge in [-0.1, -0.05) is 13.8 Å². The number of unbranched alkanes of at least 4 members (excludes halogenated alkanes) is 1. The molecular weight excluding hydrogens is 412 g/mol. The second-order valence-electron chi connectivity index (χ2n) is 8.04. The number of alkyl carbamates (subject to hydrolysis) is 1. The second kappa shape index (κ2) is 10.3. The number of hydrogen-bond donors (Lipinski definition) is 2. The van der Waals surface area contributed by atoms with E-state index in [0.29, 0.717) is 36.1 Å². The summed E-state index contributed by atoms with van der Waals surface area (Å²) in [7, 11) is 3.21. The number of ether oxygens (including phenoxy) is 3. The van der Waals surface area contributed by atoms with Gasteiger partial charge in [0.2, 0.25) is 5.65 Å².